The maximum atomic E-state index is 10.6. The van der Waals surface area contributed by atoms with Crippen molar-refractivity contribution in [3.05, 3.63) is 76.3 Å². The van der Waals surface area contributed by atoms with E-state index in [0.29, 0.717) is 34.3 Å². The lowest BCUT2D eigenvalue weighted by Gasteiger charge is -2.38. The lowest BCUT2D eigenvalue weighted by atomic mass is 9.95. The largest absolute Gasteiger partial charge is 0.507 e. The third-order valence-electron chi connectivity index (χ3n) is 5.97. The Bertz CT molecular complexity index is 1250. The highest BCUT2D eigenvalue weighted by atomic mass is 35.5. The van der Waals surface area contributed by atoms with Gasteiger partial charge in [0.1, 0.15) is 17.2 Å². The molecule has 0 amide bonds. The van der Waals surface area contributed by atoms with Gasteiger partial charge in [-0.05, 0) is 48.5 Å². The number of nitrogens with zero attached hydrogens (tertiary/aromatic N) is 2. The molecule has 0 aromatic heterocycles. The van der Waals surface area contributed by atoms with Crippen LogP contribution in [0.25, 0.3) is 0 Å². The molecule has 2 heterocycles. The fourth-order valence-electron chi connectivity index (χ4n) is 4.41. The summed E-state index contributed by atoms with van der Waals surface area (Å²) in [7, 11) is 4.79. The minimum Gasteiger partial charge on any atom is -0.507 e. The first-order chi connectivity index (χ1) is 16.0. The molecule has 8 heteroatoms. The molecule has 7 nitrogen and oxygen atoms in total. The summed E-state index contributed by atoms with van der Waals surface area (Å²) in [6.07, 6.45) is -0.0146. The number of hydrogen-bond donors (Lipinski definition) is 1. The number of aromatic hydroxyl groups is 1. The fourth-order valence-corrected chi connectivity index (χ4v) is 4.59. The van der Waals surface area contributed by atoms with E-state index >= 15 is 0 Å². The number of rotatable bonds is 5. The van der Waals surface area contributed by atoms with Gasteiger partial charge in [-0.25, -0.2) is 5.01 Å². The van der Waals surface area contributed by atoms with E-state index in [0.717, 1.165) is 22.6 Å². The number of phenols is 1. The van der Waals surface area contributed by atoms with Gasteiger partial charge in [0.15, 0.2) is 11.5 Å². The van der Waals surface area contributed by atoms with Crippen LogP contribution in [0.2, 0.25) is 5.02 Å². The summed E-state index contributed by atoms with van der Waals surface area (Å²) >= 11 is 6.32. The zero-order valence-corrected chi connectivity index (χ0v) is 19.2. The quantitative estimate of drug-likeness (QED) is 0.549. The first-order valence-corrected chi connectivity index (χ1v) is 10.8. The van der Waals surface area contributed by atoms with E-state index in [9.17, 15) is 5.11 Å². The predicted molar refractivity (Wildman–Crippen MR) is 125 cm³/mol. The van der Waals surface area contributed by atoms with Crippen molar-refractivity contribution in [3.63, 3.8) is 0 Å². The summed E-state index contributed by atoms with van der Waals surface area (Å²) in [6, 6.07) is 16.2. The van der Waals surface area contributed by atoms with Gasteiger partial charge in [0.2, 0.25) is 6.23 Å². The normalized spacial score (nSPS) is 18.7. The summed E-state index contributed by atoms with van der Waals surface area (Å²) < 4.78 is 23.0. The van der Waals surface area contributed by atoms with Gasteiger partial charge in [-0.15, -0.1) is 0 Å². The standard InChI is InChI=1S/C25H23ClN2O5/c1-30-15-8-9-21(29)17(12-15)19-13-20-18-11-14(26)7-10-22(18)33-25(28(20)27-19)16-5-4-6-23(31-2)24(16)32-3/h4-12,20,25,29H,13H2,1-3H3/t20-,25-/m1/s1. The molecule has 0 unspecified atom stereocenters. The molecule has 0 radical (unpaired) electrons. The fraction of sp³-hybridized carbons (Fsp3) is 0.240. The number of hydrazone groups is 1. The zero-order valence-electron chi connectivity index (χ0n) is 18.4. The molecule has 170 valence electrons. The van der Waals surface area contributed by atoms with Crippen LogP contribution in [0.4, 0.5) is 0 Å². The van der Waals surface area contributed by atoms with Gasteiger partial charge < -0.3 is 24.1 Å². The van der Waals surface area contributed by atoms with E-state index in [2.05, 4.69) is 0 Å². The first-order valence-electron chi connectivity index (χ1n) is 10.4. The zero-order chi connectivity index (χ0) is 23.1. The molecule has 0 spiro atoms. The van der Waals surface area contributed by atoms with Crippen molar-refractivity contribution in [3.8, 4) is 28.7 Å². The summed E-state index contributed by atoms with van der Waals surface area (Å²) in [6.45, 7) is 0. The van der Waals surface area contributed by atoms with Gasteiger partial charge in [0, 0.05) is 22.6 Å². The van der Waals surface area contributed by atoms with Gasteiger partial charge in [-0.3, -0.25) is 0 Å². The number of phenolic OH excluding ortho intramolecular Hbond substituents is 1. The predicted octanol–water partition coefficient (Wildman–Crippen LogP) is 5.31. The van der Waals surface area contributed by atoms with Crippen molar-refractivity contribution in [2.75, 3.05) is 21.3 Å². The number of para-hydroxylation sites is 1. The molecule has 0 fully saturated rings. The van der Waals surface area contributed by atoms with Crippen molar-refractivity contribution in [1.29, 1.82) is 0 Å². The van der Waals surface area contributed by atoms with Crippen molar-refractivity contribution in [2.45, 2.75) is 18.7 Å². The van der Waals surface area contributed by atoms with Crippen molar-refractivity contribution in [2.24, 2.45) is 5.10 Å². The van der Waals surface area contributed by atoms with Crippen molar-refractivity contribution >= 4 is 17.3 Å². The van der Waals surface area contributed by atoms with Crippen LogP contribution in [0, 0.1) is 0 Å². The maximum absolute atomic E-state index is 10.6. The SMILES string of the molecule is COc1ccc(O)c(C2=NN3[C@H](C2)c2cc(Cl)ccc2O[C@@H]3c2cccc(OC)c2OC)c1. The molecule has 2 aliphatic heterocycles. The highest BCUT2D eigenvalue weighted by Crippen LogP contribution is 2.51. The Kier molecular flexibility index (Phi) is 5.42. The Labute approximate surface area is 196 Å². The van der Waals surface area contributed by atoms with E-state index in [4.69, 9.17) is 35.6 Å². The van der Waals surface area contributed by atoms with Crippen LogP contribution in [-0.4, -0.2) is 37.2 Å². The average Bonchev–Trinajstić information content (AvgIpc) is 3.29. The van der Waals surface area contributed by atoms with Gasteiger partial charge in [0.05, 0.1) is 38.6 Å². The third-order valence-corrected chi connectivity index (χ3v) is 6.20. The Morgan fingerprint density at radius 3 is 2.61 bits per heavy atom. The second kappa shape index (κ2) is 8.41. The number of methoxy groups -OCH3 is 3. The van der Waals surface area contributed by atoms with Crippen LogP contribution in [0.1, 0.15) is 35.4 Å². The monoisotopic (exact) mass is 466 g/mol. The molecule has 33 heavy (non-hydrogen) atoms. The molecule has 0 aliphatic carbocycles. The van der Waals surface area contributed by atoms with Gasteiger partial charge in [0.25, 0.3) is 0 Å². The van der Waals surface area contributed by atoms with E-state index in [-0.39, 0.29) is 11.8 Å². The lowest BCUT2D eigenvalue weighted by Crippen LogP contribution is -2.34. The number of benzene rings is 3. The van der Waals surface area contributed by atoms with Crippen LogP contribution < -0.4 is 18.9 Å². The Hall–Kier alpha value is -3.58. The molecule has 2 aliphatic rings. The molecule has 1 N–H and O–H groups in total. The van der Waals surface area contributed by atoms with E-state index < -0.39 is 6.23 Å². The smallest absolute Gasteiger partial charge is 0.217 e. The molecule has 3 aromatic carbocycles. The molecular weight excluding hydrogens is 444 g/mol. The summed E-state index contributed by atoms with van der Waals surface area (Å²) in [5.74, 6) is 2.68. The van der Waals surface area contributed by atoms with Gasteiger partial charge >= 0.3 is 0 Å². The molecular formula is C25H23ClN2O5. The van der Waals surface area contributed by atoms with Crippen LogP contribution in [-0.2, 0) is 0 Å². The number of ether oxygens (including phenoxy) is 4. The Balaban J connectivity index is 1.65. The Morgan fingerprint density at radius 2 is 1.85 bits per heavy atom. The third kappa shape index (κ3) is 3.58. The molecule has 0 saturated carbocycles. The van der Waals surface area contributed by atoms with Crippen LogP contribution in [0.15, 0.2) is 59.7 Å². The first kappa shape index (κ1) is 21.3. The number of hydrogen-bond acceptors (Lipinski definition) is 7. The second-order valence-corrected chi connectivity index (χ2v) is 8.20. The van der Waals surface area contributed by atoms with Crippen molar-refractivity contribution < 1.29 is 24.1 Å². The summed E-state index contributed by atoms with van der Waals surface area (Å²) in [5.41, 5.74) is 3.05. The highest BCUT2D eigenvalue weighted by molar-refractivity contribution is 6.30. The van der Waals surface area contributed by atoms with Crippen LogP contribution in [0.3, 0.4) is 0 Å². The topological polar surface area (TPSA) is 72.8 Å². The second-order valence-electron chi connectivity index (χ2n) is 7.76. The molecule has 0 bridgehead atoms. The van der Waals surface area contributed by atoms with Crippen molar-refractivity contribution in [1.82, 2.24) is 5.01 Å². The number of halogens is 1. The van der Waals surface area contributed by atoms with E-state index in [1.165, 1.54) is 0 Å². The minimum absolute atomic E-state index is 0.136. The summed E-state index contributed by atoms with van der Waals surface area (Å²) in [4.78, 5) is 0. The van der Waals surface area contributed by atoms with E-state index in [1.807, 2.05) is 35.3 Å². The summed E-state index contributed by atoms with van der Waals surface area (Å²) in [5, 5.41) is 18.0. The minimum atomic E-state index is -0.570. The van der Waals surface area contributed by atoms with Gasteiger partial charge in [-0.1, -0.05) is 17.7 Å². The lowest BCUT2D eigenvalue weighted by molar-refractivity contribution is -0.0205. The number of fused-ring (bicyclic) bond motifs is 3. The average molecular weight is 467 g/mol. The molecule has 2 atom stereocenters. The highest BCUT2D eigenvalue weighted by Gasteiger charge is 2.42. The van der Waals surface area contributed by atoms with E-state index in [1.54, 1.807) is 45.6 Å². The van der Waals surface area contributed by atoms with Crippen LogP contribution in [0.5, 0.6) is 28.7 Å². The van der Waals surface area contributed by atoms with Crippen LogP contribution >= 0.6 is 11.6 Å². The van der Waals surface area contributed by atoms with Gasteiger partial charge in [-0.2, -0.15) is 5.10 Å². The Morgan fingerprint density at radius 1 is 1.00 bits per heavy atom. The molecule has 3 aromatic rings. The molecule has 0 saturated heterocycles. The maximum Gasteiger partial charge on any atom is 0.217 e. The molecule has 5 rings (SSSR count).